The van der Waals surface area contributed by atoms with E-state index in [0.717, 1.165) is 18.4 Å². The van der Waals surface area contributed by atoms with Gasteiger partial charge in [0.2, 0.25) is 0 Å². The molecule has 0 spiro atoms. The van der Waals surface area contributed by atoms with E-state index in [1.54, 1.807) is 18.2 Å². The number of hydrogen-bond donors (Lipinski definition) is 2. The van der Waals surface area contributed by atoms with Gasteiger partial charge in [0.15, 0.2) is 0 Å². The van der Waals surface area contributed by atoms with E-state index in [2.05, 4.69) is 31.0 Å². The number of amides is 1. The summed E-state index contributed by atoms with van der Waals surface area (Å²) in [6, 6.07) is 7.30. The number of aliphatic hydroxyl groups excluding tert-OH is 1. The molecule has 1 amide bonds. The lowest BCUT2D eigenvalue weighted by Crippen LogP contribution is -2.33. The van der Waals surface area contributed by atoms with E-state index in [4.69, 9.17) is 5.11 Å². The quantitative estimate of drug-likeness (QED) is 0.810. The van der Waals surface area contributed by atoms with Crippen molar-refractivity contribution in [2.75, 3.05) is 6.61 Å². The third kappa shape index (κ3) is 5.46. The van der Waals surface area contributed by atoms with Crippen molar-refractivity contribution < 1.29 is 9.90 Å². The van der Waals surface area contributed by atoms with Crippen LogP contribution in [0.5, 0.6) is 0 Å². The molecule has 0 fully saturated rings. The van der Waals surface area contributed by atoms with Crippen molar-refractivity contribution in [3.05, 3.63) is 35.4 Å². The van der Waals surface area contributed by atoms with Crippen LogP contribution in [-0.2, 0) is 0 Å². The molecule has 0 saturated heterocycles. The van der Waals surface area contributed by atoms with Crippen LogP contribution in [0.2, 0.25) is 0 Å². The Hall–Kier alpha value is -1.79. The first-order valence-electron chi connectivity index (χ1n) is 7.07. The molecule has 0 saturated carbocycles. The Kier molecular flexibility index (Phi) is 6.83. The second-order valence-corrected chi connectivity index (χ2v) is 5.16. The third-order valence-corrected chi connectivity index (χ3v) is 3.27. The Morgan fingerprint density at radius 2 is 2.15 bits per heavy atom. The van der Waals surface area contributed by atoms with Crippen molar-refractivity contribution in [2.45, 2.75) is 39.7 Å². The largest absolute Gasteiger partial charge is 0.384 e. The molecule has 0 bridgehead atoms. The number of rotatable bonds is 5. The fraction of sp³-hybridized carbons (Fsp3) is 0.471. The van der Waals surface area contributed by atoms with Crippen molar-refractivity contribution in [3.8, 4) is 11.8 Å². The van der Waals surface area contributed by atoms with Gasteiger partial charge in [-0.05, 0) is 37.5 Å². The second kappa shape index (κ2) is 8.39. The normalized spacial score (nSPS) is 13.0. The summed E-state index contributed by atoms with van der Waals surface area (Å²) in [7, 11) is 0. The Labute approximate surface area is 121 Å². The number of aliphatic hydroxyl groups is 1. The minimum Gasteiger partial charge on any atom is -0.384 e. The summed E-state index contributed by atoms with van der Waals surface area (Å²) < 4.78 is 0. The van der Waals surface area contributed by atoms with Gasteiger partial charge in [-0.25, -0.2) is 0 Å². The molecule has 20 heavy (non-hydrogen) atoms. The topological polar surface area (TPSA) is 49.3 Å². The zero-order valence-electron chi connectivity index (χ0n) is 12.4. The van der Waals surface area contributed by atoms with Crippen LogP contribution >= 0.6 is 0 Å². The van der Waals surface area contributed by atoms with Crippen molar-refractivity contribution >= 4 is 5.91 Å². The van der Waals surface area contributed by atoms with E-state index in [9.17, 15) is 4.79 Å². The number of nitrogens with one attached hydrogen (secondary N) is 1. The molecule has 0 aromatic heterocycles. The van der Waals surface area contributed by atoms with Crippen LogP contribution in [0.1, 0.15) is 49.5 Å². The maximum absolute atomic E-state index is 12.1. The average Bonchev–Trinajstić information content (AvgIpc) is 2.45. The van der Waals surface area contributed by atoms with Crippen molar-refractivity contribution in [1.29, 1.82) is 0 Å². The van der Waals surface area contributed by atoms with E-state index < -0.39 is 0 Å². The molecular weight excluding hydrogens is 250 g/mol. The first-order chi connectivity index (χ1) is 9.56. The van der Waals surface area contributed by atoms with Crippen LogP contribution < -0.4 is 5.32 Å². The molecule has 0 aliphatic carbocycles. The predicted octanol–water partition coefficient (Wildman–Crippen LogP) is 2.58. The minimum atomic E-state index is -0.178. The zero-order chi connectivity index (χ0) is 15.0. The molecule has 0 radical (unpaired) electrons. The molecule has 3 nitrogen and oxygen atoms in total. The van der Waals surface area contributed by atoms with Crippen LogP contribution in [0.25, 0.3) is 0 Å². The molecule has 1 rings (SSSR count). The fourth-order valence-electron chi connectivity index (χ4n) is 2.02. The highest BCUT2D eigenvalue weighted by atomic mass is 16.2. The van der Waals surface area contributed by atoms with Gasteiger partial charge < -0.3 is 10.4 Å². The summed E-state index contributed by atoms with van der Waals surface area (Å²) in [5.41, 5.74) is 1.34. The van der Waals surface area contributed by atoms with Crippen molar-refractivity contribution in [2.24, 2.45) is 5.92 Å². The molecule has 3 heteroatoms. The molecule has 0 aliphatic rings. The molecule has 0 heterocycles. The lowest BCUT2D eigenvalue weighted by atomic mass is 10.00. The molecule has 2 atom stereocenters. The van der Waals surface area contributed by atoms with Gasteiger partial charge in [-0.3, -0.25) is 4.79 Å². The Balaban J connectivity index is 2.67. The lowest BCUT2D eigenvalue weighted by Gasteiger charge is -2.17. The van der Waals surface area contributed by atoms with Crippen LogP contribution in [-0.4, -0.2) is 23.7 Å². The third-order valence-electron chi connectivity index (χ3n) is 3.27. The van der Waals surface area contributed by atoms with E-state index >= 15 is 0 Å². The summed E-state index contributed by atoms with van der Waals surface area (Å²) in [5.74, 6) is 5.91. The number of carbonyl (C=O) groups is 1. The van der Waals surface area contributed by atoms with Gasteiger partial charge in [0.1, 0.15) is 6.61 Å². The molecule has 1 aromatic rings. The number of benzene rings is 1. The summed E-state index contributed by atoms with van der Waals surface area (Å²) in [5, 5.41) is 11.7. The summed E-state index contributed by atoms with van der Waals surface area (Å²) in [4.78, 5) is 12.1. The average molecular weight is 273 g/mol. The maximum Gasteiger partial charge on any atom is 0.251 e. The van der Waals surface area contributed by atoms with Crippen LogP contribution in [0.4, 0.5) is 0 Å². The number of carbonyl (C=O) groups excluding carboxylic acids is 1. The molecule has 2 unspecified atom stereocenters. The first kappa shape index (κ1) is 16.3. The van der Waals surface area contributed by atoms with Crippen LogP contribution in [0, 0.1) is 17.8 Å². The van der Waals surface area contributed by atoms with Gasteiger partial charge in [0.05, 0.1) is 0 Å². The maximum atomic E-state index is 12.1. The van der Waals surface area contributed by atoms with Crippen molar-refractivity contribution in [3.63, 3.8) is 0 Å². The highest BCUT2D eigenvalue weighted by molar-refractivity contribution is 5.94. The first-order valence-corrected chi connectivity index (χ1v) is 7.07. The molecular formula is C17H23NO2. The smallest absolute Gasteiger partial charge is 0.251 e. The van der Waals surface area contributed by atoms with E-state index in [1.165, 1.54) is 0 Å². The van der Waals surface area contributed by atoms with Crippen LogP contribution in [0.3, 0.4) is 0 Å². The van der Waals surface area contributed by atoms with Crippen molar-refractivity contribution in [1.82, 2.24) is 5.32 Å². The molecule has 108 valence electrons. The Morgan fingerprint density at radius 1 is 1.40 bits per heavy atom. The van der Waals surface area contributed by atoms with Gasteiger partial charge in [-0.1, -0.05) is 38.2 Å². The standard InChI is InChI=1S/C17H23NO2/c1-4-13(2)11-14(3)18-17(20)16-9-5-7-15(12-16)8-6-10-19/h5,7,9,12-14,19H,4,10-11H2,1-3H3,(H,18,20). The number of hydrogen-bond acceptors (Lipinski definition) is 2. The lowest BCUT2D eigenvalue weighted by molar-refractivity contribution is 0.0935. The fourth-order valence-corrected chi connectivity index (χ4v) is 2.02. The van der Waals surface area contributed by atoms with Crippen LogP contribution in [0.15, 0.2) is 24.3 Å². The Bertz CT molecular complexity index is 499. The SMILES string of the molecule is CCC(C)CC(C)NC(=O)c1cccc(C#CCO)c1. The monoisotopic (exact) mass is 273 g/mol. The summed E-state index contributed by atoms with van der Waals surface area (Å²) in [6.45, 7) is 6.19. The Morgan fingerprint density at radius 3 is 2.80 bits per heavy atom. The van der Waals surface area contributed by atoms with E-state index in [1.807, 2.05) is 13.0 Å². The molecule has 1 aromatic carbocycles. The highest BCUT2D eigenvalue weighted by Crippen LogP contribution is 2.10. The van der Waals surface area contributed by atoms with Gasteiger partial charge in [-0.2, -0.15) is 0 Å². The summed E-state index contributed by atoms with van der Waals surface area (Å²) >= 11 is 0. The van der Waals surface area contributed by atoms with E-state index in [-0.39, 0.29) is 18.6 Å². The predicted molar refractivity (Wildman–Crippen MR) is 81.4 cm³/mol. The highest BCUT2D eigenvalue weighted by Gasteiger charge is 2.12. The van der Waals surface area contributed by atoms with Gasteiger partial charge >= 0.3 is 0 Å². The van der Waals surface area contributed by atoms with Gasteiger partial charge in [-0.15, -0.1) is 0 Å². The summed E-state index contributed by atoms with van der Waals surface area (Å²) in [6.07, 6.45) is 2.10. The van der Waals surface area contributed by atoms with Gasteiger partial charge in [0.25, 0.3) is 5.91 Å². The molecule has 2 N–H and O–H groups in total. The van der Waals surface area contributed by atoms with Gasteiger partial charge in [0, 0.05) is 17.2 Å². The second-order valence-electron chi connectivity index (χ2n) is 5.16. The minimum absolute atomic E-state index is 0.0755. The molecule has 0 aliphatic heterocycles. The van der Waals surface area contributed by atoms with E-state index in [0.29, 0.717) is 11.5 Å². The zero-order valence-corrected chi connectivity index (χ0v) is 12.4.